The number of carbonyl (C=O) groups is 2. The average Bonchev–Trinajstić information content (AvgIpc) is 2.71. The highest BCUT2D eigenvalue weighted by molar-refractivity contribution is 5.69. The minimum Gasteiger partial charge on any atom is -0.496 e. The maximum Gasteiger partial charge on any atom is 0.141 e. The van der Waals surface area contributed by atoms with Crippen molar-refractivity contribution in [1.82, 2.24) is 0 Å². The lowest BCUT2D eigenvalue weighted by Crippen LogP contribution is -1.99. The molecule has 0 aromatic heterocycles. The highest BCUT2D eigenvalue weighted by Gasteiger charge is 2.14. The summed E-state index contributed by atoms with van der Waals surface area (Å²) in [5, 5.41) is 17.3. The molecule has 0 fully saturated rings. The molecular weight excluding hydrogens is 332 g/mol. The second kappa shape index (κ2) is 11.0. The van der Waals surface area contributed by atoms with Crippen LogP contribution in [0.15, 0.2) is 48.5 Å². The molecule has 0 heterocycles. The summed E-state index contributed by atoms with van der Waals surface area (Å²) in [6, 6.07) is 17.8. The Morgan fingerprint density at radius 1 is 0.769 bits per heavy atom. The highest BCUT2D eigenvalue weighted by Crippen LogP contribution is 2.25. The second-order valence-electron chi connectivity index (χ2n) is 4.97. The number of rotatable bonds is 6. The van der Waals surface area contributed by atoms with Crippen LogP contribution in [-0.2, 0) is 9.59 Å². The van der Waals surface area contributed by atoms with Gasteiger partial charge in [0.05, 0.1) is 26.4 Å². The lowest BCUT2D eigenvalue weighted by atomic mass is 10.0. The molecule has 0 radical (unpaired) electrons. The predicted molar refractivity (Wildman–Crippen MR) is 94.8 cm³/mol. The number of ether oxygens (including phenoxy) is 2. The number of aldehydes is 2. The van der Waals surface area contributed by atoms with Gasteiger partial charge in [0.1, 0.15) is 35.9 Å². The van der Waals surface area contributed by atoms with Crippen LogP contribution < -0.4 is 9.47 Å². The molecule has 6 nitrogen and oxygen atoms in total. The summed E-state index contributed by atoms with van der Waals surface area (Å²) in [5.41, 5.74) is 1.23. The number of hydrogen-bond acceptors (Lipinski definition) is 6. The number of hydrogen-bond donors (Lipinski definition) is 0. The Morgan fingerprint density at radius 2 is 1.12 bits per heavy atom. The third-order valence-corrected chi connectivity index (χ3v) is 3.50. The molecule has 2 aromatic rings. The summed E-state index contributed by atoms with van der Waals surface area (Å²) < 4.78 is 10.0. The molecule has 2 unspecified atom stereocenters. The van der Waals surface area contributed by atoms with Crippen molar-refractivity contribution in [3.05, 3.63) is 59.7 Å². The molecule has 2 rings (SSSR count). The van der Waals surface area contributed by atoms with Crippen molar-refractivity contribution in [3.63, 3.8) is 0 Å². The molecule has 0 spiro atoms. The van der Waals surface area contributed by atoms with Crippen LogP contribution in [0.2, 0.25) is 0 Å². The summed E-state index contributed by atoms with van der Waals surface area (Å²) in [6.07, 6.45) is 1.22. The minimum absolute atomic E-state index is 0.571. The Bertz CT molecular complexity index is 752. The van der Waals surface area contributed by atoms with Crippen LogP contribution >= 0.6 is 0 Å². The van der Waals surface area contributed by atoms with E-state index in [1.54, 1.807) is 48.5 Å². The van der Waals surface area contributed by atoms with Crippen molar-refractivity contribution in [1.29, 1.82) is 10.5 Å². The van der Waals surface area contributed by atoms with E-state index in [9.17, 15) is 9.59 Å². The van der Waals surface area contributed by atoms with Crippen molar-refractivity contribution in [2.45, 2.75) is 11.8 Å². The summed E-state index contributed by atoms with van der Waals surface area (Å²) >= 11 is 0. The molecule has 0 aliphatic heterocycles. The van der Waals surface area contributed by atoms with Crippen LogP contribution in [0.5, 0.6) is 11.5 Å². The zero-order chi connectivity index (χ0) is 19.4. The van der Waals surface area contributed by atoms with Crippen LogP contribution in [0.25, 0.3) is 0 Å². The van der Waals surface area contributed by atoms with E-state index in [1.165, 1.54) is 14.2 Å². The van der Waals surface area contributed by atoms with Crippen LogP contribution in [0, 0.1) is 22.7 Å². The molecule has 6 heteroatoms. The molecule has 2 atom stereocenters. The normalized spacial score (nSPS) is 11.4. The molecular formula is C20H18N2O4. The monoisotopic (exact) mass is 350 g/mol. The van der Waals surface area contributed by atoms with Gasteiger partial charge in [-0.25, -0.2) is 0 Å². The molecule has 0 aliphatic rings. The standard InChI is InChI=1S/2C10H9NO2/c2*1-13-10-5-3-2-4-9(10)8(6-11)7-12/h2*2-5,7-8H,1H3. The topological polar surface area (TPSA) is 100 Å². The molecule has 0 aliphatic carbocycles. The fraction of sp³-hybridized carbons (Fsp3) is 0.200. The Balaban J connectivity index is 0.000000260. The van der Waals surface area contributed by atoms with Crippen molar-refractivity contribution in [2.75, 3.05) is 14.2 Å². The van der Waals surface area contributed by atoms with Gasteiger partial charge < -0.3 is 19.1 Å². The lowest BCUT2D eigenvalue weighted by Gasteiger charge is -2.07. The third-order valence-electron chi connectivity index (χ3n) is 3.50. The maximum absolute atomic E-state index is 10.5. The lowest BCUT2D eigenvalue weighted by molar-refractivity contribution is -0.108. The molecule has 0 amide bonds. The molecule has 0 bridgehead atoms. The van der Waals surface area contributed by atoms with Crippen LogP contribution in [-0.4, -0.2) is 26.8 Å². The summed E-state index contributed by atoms with van der Waals surface area (Å²) in [7, 11) is 3.02. The Hall–Kier alpha value is -3.64. The zero-order valence-corrected chi connectivity index (χ0v) is 14.5. The summed E-state index contributed by atoms with van der Waals surface area (Å²) in [4.78, 5) is 21.1. The first-order valence-electron chi connectivity index (χ1n) is 7.62. The Morgan fingerprint density at radius 3 is 1.38 bits per heavy atom. The van der Waals surface area contributed by atoms with Gasteiger partial charge in [0.25, 0.3) is 0 Å². The van der Waals surface area contributed by atoms with Crippen LogP contribution in [0.4, 0.5) is 0 Å². The van der Waals surface area contributed by atoms with Crippen LogP contribution in [0.1, 0.15) is 23.0 Å². The average molecular weight is 350 g/mol. The summed E-state index contributed by atoms with van der Waals surface area (Å²) in [6.45, 7) is 0. The number of para-hydroxylation sites is 2. The van der Waals surface area contributed by atoms with E-state index in [2.05, 4.69) is 0 Å². The van der Waals surface area contributed by atoms with E-state index in [1.807, 2.05) is 12.1 Å². The number of benzene rings is 2. The molecule has 0 saturated carbocycles. The van der Waals surface area contributed by atoms with Gasteiger partial charge >= 0.3 is 0 Å². The van der Waals surface area contributed by atoms with E-state index < -0.39 is 11.8 Å². The molecule has 0 N–H and O–H groups in total. The van der Waals surface area contributed by atoms with Gasteiger partial charge in [0.15, 0.2) is 0 Å². The number of nitrogens with zero attached hydrogens (tertiary/aromatic N) is 2. The SMILES string of the molecule is COc1ccccc1C(C#N)C=O.COc1ccccc1C(C#N)C=O. The largest absolute Gasteiger partial charge is 0.496 e. The summed E-state index contributed by atoms with van der Waals surface area (Å²) in [5.74, 6) is -0.338. The van der Waals surface area contributed by atoms with Gasteiger partial charge in [-0.15, -0.1) is 0 Å². The van der Waals surface area contributed by atoms with Gasteiger partial charge in [0, 0.05) is 11.1 Å². The van der Waals surface area contributed by atoms with Crippen molar-refractivity contribution in [3.8, 4) is 23.6 Å². The quantitative estimate of drug-likeness (QED) is 0.742. The van der Waals surface area contributed by atoms with Crippen LogP contribution in [0.3, 0.4) is 0 Å². The fourth-order valence-corrected chi connectivity index (χ4v) is 2.19. The first-order chi connectivity index (χ1) is 12.7. The molecule has 2 aromatic carbocycles. The van der Waals surface area contributed by atoms with Gasteiger partial charge in [-0.3, -0.25) is 0 Å². The highest BCUT2D eigenvalue weighted by atomic mass is 16.5. The zero-order valence-electron chi connectivity index (χ0n) is 14.5. The fourth-order valence-electron chi connectivity index (χ4n) is 2.19. The Kier molecular flexibility index (Phi) is 8.64. The molecule has 26 heavy (non-hydrogen) atoms. The van der Waals surface area contributed by atoms with Gasteiger partial charge in [0.2, 0.25) is 0 Å². The van der Waals surface area contributed by atoms with E-state index in [0.717, 1.165) is 0 Å². The van der Waals surface area contributed by atoms with Gasteiger partial charge in [-0.1, -0.05) is 36.4 Å². The van der Waals surface area contributed by atoms with Gasteiger partial charge in [-0.2, -0.15) is 10.5 Å². The van der Waals surface area contributed by atoms with Crippen molar-refractivity contribution in [2.24, 2.45) is 0 Å². The first-order valence-corrected chi connectivity index (χ1v) is 7.62. The van der Waals surface area contributed by atoms with Crippen molar-refractivity contribution < 1.29 is 19.1 Å². The first kappa shape index (κ1) is 20.4. The van der Waals surface area contributed by atoms with E-state index in [-0.39, 0.29) is 0 Å². The number of nitriles is 2. The molecule has 0 saturated heterocycles. The predicted octanol–water partition coefficient (Wildman–Crippen LogP) is 3.00. The van der Waals surface area contributed by atoms with E-state index in [4.69, 9.17) is 20.0 Å². The second-order valence-corrected chi connectivity index (χ2v) is 4.97. The Labute approximate surface area is 152 Å². The van der Waals surface area contributed by atoms with Crippen molar-refractivity contribution >= 4 is 12.6 Å². The van der Waals surface area contributed by atoms with E-state index >= 15 is 0 Å². The minimum atomic E-state index is -0.740. The smallest absolute Gasteiger partial charge is 0.141 e. The van der Waals surface area contributed by atoms with E-state index in [0.29, 0.717) is 35.2 Å². The number of methoxy groups -OCH3 is 2. The molecule has 132 valence electrons. The maximum atomic E-state index is 10.5. The van der Waals surface area contributed by atoms with Gasteiger partial charge in [-0.05, 0) is 12.1 Å². The number of carbonyl (C=O) groups excluding carboxylic acids is 2. The third kappa shape index (κ3) is 5.19.